The lowest BCUT2D eigenvalue weighted by atomic mass is 10.1. The van der Waals surface area contributed by atoms with Crippen LogP contribution in [-0.2, 0) is 6.42 Å². The van der Waals surface area contributed by atoms with Gasteiger partial charge in [0.05, 0.1) is 0 Å². The molecular formula is C23H18ClN3O2S. The number of thiocarbonyl (C=S) groups is 1. The Morgan fingerprint density at radius 3 is 2.53 bits per heavy atom. The van der Waals surface area contributed by atoms with E-state index in [-0.39, 0.29) is 11.0 Å². The van der Waals surface area contributed by atoms with Crippen molar-refractivity contribution in [3.8, 4) is 0 Å². The molecule has 0 atom stereocenters. The lowest BCUT2D eigenvalue weighted by Crippen LogP contribution is -2.34. The summed E-state index contributed by atoms with van der Waals surface area (Å²) in [5, 5.41) is 6.57. The topological polar surface area (TPSA) is 67.2 Å². The van der Waals surface area contributed by atoms with Gasteiger partial charge < -0.3 is 9.73 Å². The minimum Gasteiger partial charge on any atom is -0.440 e. The third-order valence-electron chi connectivity index (χ3n) is 4.50. The summed E-state index contributed by atoms with van der Waals surface area (Å²) in [6.07, 6.45) is 0.557. The molecule has 150 valence electrons. The highest BCUT2D eigenvalue weighted by atomic mass is 35.5. The van der Waals surface area contributed by atoms with Crippen molar-refractivity contribution in [3.05, 3.63) is 94.3 Å². The molecule has 0 aliphatic carbocycles. The third kappa shape index (κ3) is 4.84. The Labute approximate surface area is 184 Å². The van der Waals surface area contributed by atoms with E-state index in [1.807, 2.05) is 49.4 Å². The number of aromatic nitrogens is 1. The predicted octanol–water partition coefficient (Wildman–Crippen LogP) is 5.51. The summed E-state index contributed by atoms with van der Waals surface area (Å²) in [6.45, 7) is 1.97. The van der Waals surface area contributed by atoms with Crippen LogP contribution in [0.3, 0.4) is 0 Å². The van der Waals surface area contributed by atoms with Crippen LogP contribution in [0.1, 0.15) is 27.4 Å². The first-order chi connectivity index (χ1) is 14.5. The molecule has 0 saturated heterocycles. The summed E-state index contributed by atoms with van der Waals surface area (Å²) in [6, 6.07) is 20.4. The van der Waals surface area contributed by atoms with Gasteiger partial charge in [0.25, 0.3) is 5.91 Å². The average Bonchev–Trinajstić information content (AvgIpc) is 3.11. The van der Waals surface area contributed by atoms with E-state index in [0.717, 1.165) is 22.3 Å². The van der Waals surface area contributed by atoms with Crippen LogP contribution in [0.5, 0.6) is 0 Å². The maximum Gasteiger partial charge on any atom is 0.257 e. The van der Waals surface area contributed by atoms with Gasteiger partial charge in [0.1, 0.15) is 5.52 Å². The van der Waals surface area contributed by atoms with Crippen LogP contribution in [0.4, 0.5) is 5.69 Å². The molecule has 1 amide bonds. The third-order valence-corrected chi connectivity index (χ3v) is 4.94. The summed E-state index contributed by atoms with van der Waals surface area (Å²) >= 11 is 11.2. The molecule has 30 heavy (non-hydrogen) atoms. The van der Waals surface area contributed by atoms with Crippen molar-refractivity contribution < 1.29 is 9.21 Å². The minimum atomic E-state index is -0.250. The number of hydrogen-bond acceptors (Lipinski definition) is 4. The normalized spacial score (nSPS) is 10.7. The lowest BCUT2D eigenvalue weighted by molar-refractivity contribution is 0.0977. The zero-order valence-corrected chi connectivity index (χ0v) is 17.7. The fourth-order valence-corrected chi connectivity index (χ4v) is 3.32. The number of nitrogens with zero attached hydrogens (tertiary/aromatic N) is 1. The van der Waals surface area contributed by atoms with Crippen LogP contribution in [0.15, 0.2) is 71.1 Å². The minimum absolute atomic E-state index is 0.240. The molecule has 1 aromatic heterocycles. The largest absolute Gasteiger partial charge is 0.440 e. The molecule has 0 saturated carbocycles. The van der Waals surface area contributed by atoms with Gasteiger partial charge >= 0.3 is 0 Å². The molecular weight excluding hydrogens is 418 g/mol. The van der Waals surface area contributed by atoms with E-state index in [1.165, 1.54) is 0 Å². The molecule has 4 rings (SSSR count). The van der Waals surface area contributed by atoms with Crippen LogP contribution in [0, 0.1) is 6.92 Å². The quantitative estimate of drug-likeness (QED) is 0.414. The Bertz CT molecular complexity index is 1220. The highest BCUT2D eigenvalue weighted by Crippen LogP contribution is 2.22. The first-order valence-electron chi connectivity index (χ1n) is 9.29. The molecule has 0 aliphatic heterocycles. The zero-order chi connectivity index (χ0) is 21.1. The maximum absolute atomic E-state index is 12.2. The molecule has 4 aromatic rings. The number of fused-ring (bicyclic) bond motifs is 1. The standard InChI is InChI=1S/C23H18ClN3O2S/c1-14-2-6-16(7-3-14)22(28)27-23(30)25-18-9-4-15(5-10-18)12-21-26-19-13-17(24)8-11-20(19)29-21/h2-11,13H,12H2,1H3,(H2,25,27,28,30). The fourth-order valence-electron chi connectivity index (χ4n) is 2.95. The molecule has 0 unspecified atom stereocenters. The highest BCUT2D eigenvalue weighted by Gasteiger charge is 2.09. The number of halogens is 1. The molecule has 1 heterocycles. The van der Waals surface area contributed by atoms with Gasteiger partial charge in [-0.15, -0.1) is 0 Å². The monoisotopic (exact) mass is 435 g/mol. The van der Waals surface area contributed by atoms with Crippen LogP contribution in [0.2, 0.25) is 5.02 Å². The van der Waals surface area contributed by atoms with Crippen LogP contribution in [0.25, 0.3) is 11.1 Å². The zero-order valence-electron chi connectivity index (χ0n) is 16.1. The van der Waals surface area contributed by atoms with Crippen LogP contribution >= 0.6 is 23.8 Å². The van der Waals surface area contributed by atoms with Gasteiger partial charge in [-0.3, -0.25) is 10.1 Å². The van der Waals surface area contributed by atoms with Gasteiger partial charge in [-0.05, 0) is 67.2 Å². The number of amides is 1. The maximum atomic E-state index is 12.2. The molecule has 0 fully saturated rings. The number of nitrogens with one attached hydrogen (secondary N) is 2. The van der Waals surface area contributed by atoms with Crippen LogP contribution in [-0.4, -0.2) is 16.0 Å². The summed E-state index contributed by atoms with van der Waals surface area (Å²) < 4.78 is 5.76. The number of carbonyl (C=O) groups excluding carboxylic acids is 1. The van der Waals surface area contributed by atoms with Gasteiger partial charge in [0.15, 0.2) is 16.6 Å². The summed E-state index contributed by atoms with van der Waals surface area (Å²) in [4.78, 5) is 16.7. The number of oxazole rings is 1. The van der Waals surface area contributed by atoms with E-state index < -0.39 is 0 Å². The molecule has 0 radical (unpaired) electrons. The number of rotatable bonds is 4. The molecule has 2 N–H and O–H groups in total. The molecule has 3 aromatic carbocycles. The van der Waals surface area contributed by atoms with E-state index in [0.29, 0.717) is 28.5 Å². The SMILES string of the molecule is Cc1ccc(C(=O)NC(=S)Nc2ccc(Cc3nc4cc(Cl)ccc4o3)cc2)cc1. The Morgan fingerprint density at radius 2 is 1.80 bits per heavy atom. The van der Waals surface area contributed by atoms with Gasteiger partial charge in [0, 0.05) is 22.7 Å². The van der Waals surface area contributed by atoms with Crippen LogP contribution < -0.4 is 10.6 Å². The van der Waals surface area contributed by atoms with Gasteiger partial charge in [-0.1, -0.05) is 41.4 Å². The first-order valence-corrected chi connectivity index (χ1v) is 10.1. The second-order valence-electron chi connectivity index (χ2n) is 6.87. The lowest BCUT2D eigenvalue weighted by Gasteiger charge is -2.10. The second kappa shape index (κ2) is 8.65. The molecule has 0 aliphatic rings. The van der Waals surface area contributed by atoms with E-state index in [4.69, 9.17) is 28.2 Å². The molecule has 0 bridgehead atoms. The van der Waals surface area contributed by atoms with Crippen molar-refractivity contribution >= 4 is 51.6 Å². The van der Waals surface area contributed by atoms with Crippen molar-refractivity contribution in [3.63, 3.8) is 0 Å². The summed E-state index contributed by atoms with van der Waals surface area (Å²) in [5.74, 6) is 0.369. The van der Waals surface area contributed by atoms with E-state index in [2.05, 4.69) is 15.6 Å². The molecule has 0 spiro atoms. The molecule has 7 heteroatoms. The highest BCUT2D eigenvalue weighted by molar-refractivity contribution is 7.80. The summed E-state index contributed by atoms with van der Waals surface area (Å²) in [5.41, 5.74) is 4.91. The Balaban J connectivity index is 1.36. The number of anilines is 1. The van der Waals surface area contributed by atoms with E-state index >= 15 is 0 Å². The first kappa shape index (κ1) is 20.1. The van der Waals surface area contributed by atoms with Gasteiger partial charge in [0.2, 0.25) is 0 Å². The second-order valence-corrected chi connectivity index (χ2v) is 7.71. The average molecular weight is 436 g/mol. The Hall–Kier alpha value is -3.22. The Morgan fingerprint density at radius 1 is 1.07 bits per heavy atom. The number of hydrogen-bond donors (Lipinski definition) is 2. The van der Waals surface area contributed by atoms with Crippen molar-refractivity contribution in [1.82, 2.24) is 10.3 Å². The number of aryl methyl sites for hydroxylation is 1. The number of benzene rings is 3. The molecule has 5 nitrogen and oxygen atoms in total. The fraction of sp³-hybridized carbons (Fsp3) is 0.0870. The van der Waals surface area contributed by atoms with Crippen molar-refractivity contribution in [2.45, 2.75) is 13.3 Å². The summed E-state index contributed by atoms with van der Waals surface area (Å²) in [7, 11) is 0. The van der Waals surface area contributed by atoms with Crippen molar-refractivity contribution in [1.29, 1.82) is 0 Å². The van der Waals surface area contributed by atoms with Crippen molar-refractivity contribution in [2.75, 3.05) is 5.32 Å². The van der Waals surface area contributed by atoms with E-state index in [9.17, 15) is 4.79 Å². The number of carbonyl (C=O) groups is 1. The van der Waals surface area contributed by atoms with Crippen molar-refractivity contribution in [2.24, 2.45) is 0 Å². The Kier molecular flexibility index (Phi) is 5.79. The van der Waals surface area contributed by atoms with Gasteiger partial charge in [-0.25, -0.2) is 4.98 Å². The van der Waals surface area contributed by atoms with E-state index in [1.54, 1.807) is 24.3 Å². The van der Waals surface area contributed by atoms with Gasteiger partial charge in [-0.2, -0.15) is 0 Å². The smallest absolute Gasteiger partial charge is 0.257 e. The predicted molar refractivity (Wildman–Crippen MR) is 123 cm³/mol.